The lowest BCUT2D eigenvalue weighted by Crippen LogP contribution is -2.36. The van der Waals surface area contributed by atoms with Crippen molar-refractivity contribution in [3.05, 3.63) is 0 Å². The number of hydrogen-bond donors (Lipinski definition) is 1. The summed E-state index contributed by atoms with van der Waals surface area (Å²) in [6, 6.07) is 0. The molecule has 0 saturated heterocycles. The van der Waals surface area contributed by atoms with Gasteiger partial charge in [0.1, 0.15) is 0 Å². The number of hydrogen-bond acceptors (Lipinski definition) is 3. The van der Waals surface area contributed by atoms with Crippen LogP contribution in [-0.4, -0.2) is 36.6 Å². The Morgan fingerprint density at radius 3 is 2.50 bits per heavy atom. The van der Waals surface area contributed by atoms with E-state index in [-0.39, 0.29) is 16.8 Å². The molecule has 0 aliphatic heterocycles. The quantitative estimate of drug-likeness (QED) is 0.644. The molecule has 0 amide bonds. The van der Waals surface area contributed by atoms with Crippen LogP contribution in [-0.2, 0) is 10.0 Å². The Morgan fingerprint density at radius 2 is 2.17 bits per heavy atom. The summed E-state index contributed by atoms with van der Waals surface area (Å²) in [6.45, 7) is 0.147. The molecule has 0 radical (unpaired) electrons. The maximum absolute atomic E-state index is 11.4. The maximum atomic E-state index is 11.4. The summed E-state index contributed by atoms with van der Waals surface area (Å²) >= 11 is 4.62. The van der Waals surface area contributed by atoms with Crippen molar-refractivity contribution in [1.82, 2.24) is 4.31 Å². The lowest BCUT2D eigenvalue weighted by molar-refractivity contribution is 0.504. The molecule has 12 heavy (non-hydrogen) atoms. The molecule has 4 nitrogen and oxygen atoms in total. The van der Waals surface area contributed by atoms with Gasteiger partial charge in [-0.3, -0.25) is 0 Å². The van der Waals surface area contributed by atoms with Crippen molar-refractivity contribution in [2.75, 3.05) is 13.6 Å². The molecule has 1 aliphatic carbocycles. The number of nitrogens with zero attached hydrogens (tertiary/aromatic N) is 1. The normalized spacial score (nSPS) is 18.2. The highest BCUT2D eigenvalue weighted by Gasteiger charge is 2.38. The van der Waals surface area contributed by atoms with Crippen LogP contribution in [0.25, 0.3) is 0 Å². The van der Waals surface area contributed by atoms with Gasteiger partial charge in [-0.15, -0.1) is 0 Å². The topological polar surface area (TPSA) is 63.4 Å². The molecule has 0 atom stereocenters. The van der Waals surface area contributed by atoms with Crippen molar-refractivity contribution < 1.29 is 8.42 Å². The fourth-order valence-electron chi connectivity index (χ4n) is 0.930. The second kappa shape index (κ2) is 3.27. The van der Waals surface area contributed by atoms with E-state index in [1.807, 2.05) is 0 Å². The van der Waals surface area contributed by atoms with Crippen LogP contribution in [0.15, 0.2) is 0 Å². The molecule has 0 aromatic heterocycles. The predicted octanol–water partition coefficient (Wildman–Crippen LogP) is -0.303. The minimum Gasteiger partial charge on any atom is -0.392 e. The van der Waals surface area contributed by atoms with Gasteiger partial charge in [0, 0.05) is 7.05 Å². The average molecular weight is 208 g/mol. The largest absolute Gasteiger partial charge is 0.392 e. The van der Waals surface area contributed by atoms with Crippen molar-refractivity contribution >= 4 is 27.2 Å². The summed E-state index contributed by atoms with van der Waals surface area (Å²) in [5.74, 6) is 0. The van der Waals surface area contributed by atoms with E-state index in [0.29, 0.717) is 0 Å². The summed E-state index contributed by atoms with van der Waals surface area (Å²) in [5.41, 5.74) is 5.24. The Bertz CT molecular complexity index is 282. The molecule has 1 aliphatic rings. The Morgan fingerprint density at radius 1 is 1.67 bits per heavy atom. The fraction of sp³-hybridized carbons (Fsp3) is 0.833. The summed E-state index contributed by atoms with van der Waals surface area (Å²) in [4.78, 5) is 0.210. The third-order valence-electron chi connectivity index (χ3n) is 1.76. The smallest absolute Gasteiger partial charge is 0.217 e. The monoisotopic (exact) mass is 208 g/mol. The van der Waals surface area contributed by atoms with E-state index >= 15 is 0 Å². The highest BCUT2D eigenvalue weighted by molar-refractivity contribution is 7.90. The highest BCUT2D eigenvalue weighted by Crippen LogP contribution is 2.30. The van der Waals surface area contributed by atoms with Crippen molar-refractivity contribution in [3.63, 3.8) is 0 Å². The average Bonchev–Trinajstić information content (AvgIpc) is 2.65. The van der Waals surface area contributed by atoms with Gasteiger partial charge in [0.25, 0.3) is 0 Å². The summed E-state index contributed by atoms with van der Waals surface area (Å²) in [5, 5.41) is -0.183. The molecule has 0 bridgehead atoms. The molecule has 0 aromatic rings. The van der Waals surface area contributed by atoms with E-state index in [9.17, 15) is 8.42 Å². The number of thiocarbonyl (C=S) groups is 1. The molecule has 70 valence electrons. The molecular formula is C6H12N2O2S2. The zero-order chi connectivity index (χ0) is 9.35. The Balaban J connectivity index is 2.61. The lowest BCUT2D eigenvalue weighted by Gasteiger charge is -2.15. The SMILES string of the molecule is CN(CC(N)=S)S(=O)(=O)C1CC1. The van der Waals surface area contributed by atoms with Crippen molar-refractivity contribution in [3.8, 4) is 0 Å². The minimum atomic E-state index is -3.10. The number of nitrogens with two attached hydrogens (primary N) is 1. The van der Waals surface area contributed by atoms with Gasteiger partial charge in [-0.25, -0.2) is 8.42 Å². The number of sulfonamides is 1. The van der Waals surface area contributed by atoms with Gasteiger partial charge >= 0.3 is 0 Å². The first-order valence-corrected chi connectivity index (χ1v) is 5.59. The van der Waals surface area contributed by atoms with Crippen molar-refractivity contribution in [2.24, 2.45) is 5.73 Å². The van der Waals surface area contributed by atoms with Crippen molar-refractivity contribution in [2.45, 2.75) is 18.1 Å². The minimum absolute atomic E-state index is 0.147. The first kappa shape index (κ1) is 9.88. The van der Waals surface area contributed by atoms with Gasteiger partial charge in [0.05, 0.1) is 16.8 Å². The summed E-state index contributed by atoms with van der Waals surface area (Å²) < 4.78 is 24.1. The van der Waals surface area contributed by atoms with Crippen LogP contribution in [0.3, 0.4) is 0 Å². The standard InChI is InChI=1S/C6H12N2O2S2/c1-8(4-6(7)11)12(9,10)5-2-3-5/h5H,2-4H2,1H3,(H2,7,11). The van der Waals surface area contributed by atoms with Crippen LogP contribution in [0.5, 0.6) is 0 Å². The highest BCUT2D eigenvalue weighted by atomic mass is 32.2. The zero-order valence-corrected chi connectivity index (χ0v) is 8.49. The van der Waals surface area contributed by atoms with Gasteiger partial charge in [-0.1, -0.05) is 12.2 Å². The van der Waals surface area contributed by atoms with Gasteiger partial charge < -0.3 is 5.73 Å². The van der Waals surface area contributed by atoms with E-state index in [0.717, 1.165) is 12.8 Å². The van der Waals surface area contributed by atoms with Crippen molar-refractivity contribution in [1.29, 1.82) is 0 Å². The zero-order valence-electron chi connectivity index (χ0n) is 6.86. The van der Waals surface area contributed by atoms with Crippen LogP contribution in [0.2, 0.25) is 0 Å². The Kier molecular flexibility index (Phi) is 2.70. The van der Waals surface area contributed by atoms with E-state index < -0.39 is 10.0 Å². The lowest BCUT2D eigenvalue weighted by atomic mass is 10.7. The molecule has 2 N–H and O–H groups in total. The molecule has 1 saturated carbocycles. The molecule has 1 rings (SSSR count). The second-order valence-corrected chi connectivity index (χ2v) is 5.81. The van der Waals surface area contributed by atoms with Gasteiger partial charge in [0.2, 0.25) is 10.0 Å². The molecule has 1 fully saturated rings. The third kappa shape index (κ3) is 2.15. The number of likely N-dealkylation sites (N-methyl/N-ethyl adjacent to an activating group) is 1. The predicted molar refractivity (Wildman–Crippen MR) is 51.4 cm³/mol. The van der Waals surface area contributed by atoms with Crippen LogP contribution in [0, 0.1) is 0 Å². The van der Waals surface area contributed by atoms with Crippen LogP contribution in [0.4, 0.5) is 0 Å². The van der Waals surface area contributed by atoms with Crippen LogP contribution >= 0.6 is 12.2 Å². The summed E-state index contributed by atoms with van der Waals surface area (Å²) in [6.07, 6.45) is 1.54. The molecule has 0 unspecified atom stereocenters. The number of rotatable bonds is 4. The van der Waals surface area contributed by atoms with Gasteiger partial charge in [-0.2, -0.15) is 4.31 Å². The van der Waals surface area contributed by atoms with E-state index in [4.69, 9.17) is 5.73 Å². The molecule has 6 heteroatoms. The van der Waals surface area contributed by atoms with Gasteiger partial charge in [-0.05, 0) is 12.8 Å². The maximum Gasteiger partial charge on any atom is 0.217 e. The van der Waals surface area contributed by atoms with E-state index in [1.54, 1.807) is 0 Å². The second-order valence-electron chi connectivity index (χ2n) is 2.97. The van der Waals surface area contributed by atoms with Gasteiger partial charge in [0.15, 0.2) is 0 Å². The molecule has 0 heterocycles. The first-order chi connectivity index (χ1) is 5.44. The third-order valence-corrected chi connectivity index (χ3v) is 4.20. The fourth-order valence-corrected chi connectivity index (χ4v) is 2.76. The van der Waals surface area contributed by atoms with E-state index in [2.05, 4.69) is 12.2 Å². The summed E-state index contributed by atoms with van der Waals surface area (Å²) in [7, 11) is -1.59. The Hall–Kier alpha value is -0.200. The molecule has 0 aromatic carbocycles. The van der Waals surface area contributed by atoms with Crippen LogP contribution < -0.4 is 5.73 Å². The van der Waals surface area contributed by atoms with Crippen LogP contribution in [0.1, 0.15) is 12.8 Å². The van der Waals surface area contributed by atoms with E-state index in [1.165, 1.54) is 11.4 Å². The molecular weight excluding hydrogens is 196 g/mol. The Labute approximate surface area is 77.8 Å². The first-order valence-electron chi connectivity index (χ1n) is 3.68. The molecule has 0 spiro atoms.